The molecule has 4 heteroatoms. The molecule has 2 aromatic rings. The third kappa shape index (κ3) is 3.28. The largest absolute Gasteiger partial charge is 0.404 e. The topological polar surface area (TPSA) is 52.3 Å². The van der Waals surface area contributed by atoms with Crippen molar-refractivity contribution >= 4 is 24.6 Å². The second-order valence-electron chi connectivity index (χ2n) is 7.97. The Bertz CT molecular complexity index is 679. The first-order valence-corrected chi connectivity index (χ1v) is 10.8. The van der Waals surface area contributed by atoms with E-state index in [0.717, 1.165) is 12.8 Å². The van der Waals surface area contributed by atoms with E-state index in [9.17, 15) is 4.79 Å². The average Bonchev–Trinajstić information content (AvgIpc) is 2.54. The Kier molecular flexibility index (Phi) is 4.85. The Balaban J connectivity index is 2.05. The molecule has 0 saturated heterocycles. The minimum Gasteiger partial charge on any atom is -0.404 e. The van der Waals surface area contributed by atoms with Crippen LogP contribution < -0.4 is 16.1 Å². The maximum Gasteiger partial charge on any atom is 0.261 e. The van der Waals surface area contributed by atoms with Crippen LogP contribution in [0.25, 0.3) is 0 Å². The summed E-state index contributed by atoms with van der Waals surface area (Å²) in [6.07, 6.45) is 1.57. The summed E-state index contributed by atoms with van der Waals surface area (Å²) in [6, 6.07) is 21.2. The number of carbonyl (C=O) groups excluding carboxylic acids is 1. The highest BCUT2D eigenvalue weighted by atomic mass is 28.4. The van der Waals surface area contributed by atoms with E-state index in [2.05, 4.69) is 69.3 Å². The lowest BCUT2D eigenvalue weighted by atomic mass is 9.82. The number of nitrogens with two attached hydrogens (primary N) is 1. The molecular weight excluding hydrogens is 326 g/mol. The molecule has 0 spiro atoms. The van der Waals surface area contributed by atoms with Crippen LogP contribution in [0.15, 0.2) is 60.7 Å². The van der Waals surface area contributed by atoms with Gasteiger partial charge in [0.15, 0.2) is 0 Å². The zero-order valence-corrected chi connectivity index (χ0v) is 16.2. The number of primary amides is 1. The van der Waals surface area contributed by atoms with E-state index in [1.807, 2.05) is 12.1 Å². The molecule has 25 heavy (non-hydrogen) atoms. The van der Waals surface area contributed by atoms with Crippen molar-refractivity contribution in [2.45, 2.75) is 44.8 Å². The molecule has 3 nitrogen and oxygen atoms in total. The summed E-state index contributed by atoms with van der Waals surface area (Å²) in [5.74, 6) is -0.245. The summed E-state index contributed by atoms with van der Waals surface area (Å²) >= 11 is 0. The van der Waals surface area contributed by atoms with Gasteiger partial charge in [0, 0.05) is 12.0 Å². The molecule has 0 aliphatic heterocycles. The van der Waals surface area contributed by atoms with Crippen molar-refractivity contribution < 1.29 is 9.22 Å². The molecule has 2 aromatic carbocycles. The molecule has 1 aliphatic carbocycles. The fraction of sp³-hybridized carbons (Fsp3) is 0.381. The highest BCUT2D eigenvalue weighted by molar-refractivity contribution is 6.99. The Hall–Kier alpha value is -1.91. The lowest BCUT2D eigenvalue weighted by Crippen LogP contribution is -2.68. The second kappa shape index (κ2) is 6.77. The molecule has 2 N–H and O–H groups in total. The zero-order chi connectivity index (χ0) is 18.1. The van der Waals surface area contributed by atoms with Gasteiger partial charge in [-0.3, -0.25) is 4.79 Å². The van der Waals surface area contributed by atoms with E-state index in [-0.39, 0.29) is 23.0 Å². The third-order valence-electron chi connectivity index (χ3n) is 5.26. The molecule has 0 unspecified atom stereocenters. The van der Waals surface area contributed by atoms with Gasteiger partial charge in [-0.15, -0.1) is 0 Å². The van der Waals surface area contributed by atoms with Gasteiger partial charge in [0.2, 0.25) is 5.91 Å². The molecule has 1 fully saturated rings. The molecule has 0 bridgehead atoms. The molecule has 0 radical (unpaired) electrons. The van der Waals surface area contributed by atoms with Gasteiger partial charge in [0.1, 0.15) is 0 Å². The highest BCUT2D eigenvalue weighted by Gasteiger charge is 2.53. The fourth-order valence-corrected chi connectivity index (χ4v) is 8.54. The van der Waals surface area contributed by atoms with Gasteiger partial charge in [-0.25, -0.2) is 0 Å². The van der Waals surface area contributed by atoms with Crippen LogP contribution >= 0.6 is 0 Å². The monoisotopic (exact) mass is 353 g/mol. The fourth-order valence-electron chi connectivity index (χ4n) is 3.84. The number of carbonyl (C=O) groups is 1. The number of hydrogen-bond donors (Lipinski definition) is 1. The Morgan fingerprint density at radius 3 is 1.76 bits per heavy atom. The molecule has 0 atom stereocenters. The van der Waals surface area contributed by atoms with Crippen LogP contribution in [0.2, 0.25) is 5.04 Å². The maximum atomic E-state index is 11.4. The first kappa shape index (κ1) is 17.9. The van der Waals surface area contributed by atoms with Gasteiger partial charge in [-0.1, -0.05) is 81.4 Å². The third-order valence-corrected chi connectivity index (χ3v) is 10.3. The predicted octanol–water partition coefficient (Wildman–Crippen LogP) is 2.83. The molecule has 0 heterocycles. The van der Waals surface area contributed by atoms with Gasteiger partial charge in [-0.2, -0.15) is 0 Å². The molecule has 1 amide bonds. The van der Waals surface area contributed by atoms with Gasteiger partial charge in [0.25, 0.3) is 8.32 Å². The van der Waals surface area contributed by atoms with Crippen molar-refractivity contribution in [3.8, 4) is 0 Å². The van der Waals surface area contributed by atoms with E-state index in [1.165, 1.54) is 10.4 Å². The highest BCUT2D eigenvalue weighted by Crippen LogP contribution is 2.41. The summed E-state index contributed by atoms with van der Waals surface area (Å²) < 4.78 is 6.92. The molecule has 132 valence electrons. The van der Waals surface area contributed by atoms with Crippen molar-refractivity contribution in [1.29, 1.82) is 0 Å². The average molecular weight is 354 g/mol. The van der Waals surface area contributed by atoms with Crippen LogP contribution in [0.3, 0.4) is 0 Å². The van der Waals surface area contributed by atoms with Crippen LogP contribution in [-0.4, -0.2) is 20.3 Å². The van der Waals surface area contributed by atoms with Crippen LogP contribution in [0.4, 0.5) is 0 Å². The van der Waals surface area contributed by atoms with Crippen molar-refractivity contribution in [2.24, 2.45) is 11.7 Å². The first-order valence-electron chi connectivity index (χ1n) is 8.93. The number of benzene rings is 2. The number of hydrogen-bond acceptors (Lipinski definition) is 2. The van der Waals surface area contributed by atoms with E-state index >= 15 is 0 Å². The lowest BCUT2D eigenvalue weighted by Gasteiger charge is -2.48. The quantitative estimate of drug-likeness (QED) is 0.841. The second-order valence-corrected chi connectivity index (χ2v) is 12.2. The molecule has 1 saturated carbocycles. The smallest absolute Gasteiger partial charge is 0.261 e. The summed E-state index contributed by atoms with van der Waals surface area (Å²) in [5, 5.41) is 2.51. The standard InChI is InChI=1S/C21H27NO2Si/c1-21(2,3)25(18-10-6-4-7-11-18,19-12-8-5-9-13-19)24-17-14-16(15-17)20(22)23/h4-13,16-17H,14-15H2,1-3H3,(H2,22,23). The van der Waals surface area contributed by atoms with Crippen LogP contribution in [-0.2, 0) is 9.22 Å². The van der Waals surface area contributed by atoms with E-state index in [4.69, 9.17) is 10.2 Å². The first-order chi connectivity index (χ1) is 11.8. The van der Waals surface area contributed by atoms with Crippen LogP contribution in [0.5, 0.6) is 0 Å². The minimum absolute atomic E-state index is 0.0342. The van der Waals surface area contributed by atoms with Crippen LogP contribution in [0.1, 0.15) is 33.6 Å². The van der Waals surface area contributed by atoms with Gasteiger partial charge < -0.3 is 10.2 Å². The minimum atomic E-state index is -2.50. The summed E-state index contributed by atoms with van der Waals surface area (Å²) in [4.78, 5) is 11.4. The SMILES string of the molecule is CC(C)(C)[Si](OC1CC(C(N)=O)C1)(c1ccccc1)c1ccccc1. The van der Waals surface area contributed by atoms with E-state index in [0.29, 0.717) is 0 Å². The van der Waals surface area contributed by atoms with Crippen molar-refractivity contribution in [1.82, 2.24) is 0 Å². The lowest BCUT2D eigenvalue weighted by molar-refractivity contribution is -0.127. The van der Waals surface area contributed by atoms with E-state index < -0.39 is 8.32 Å². The molecule has 1 aliphatic rings. The summed E-state index contributed by atoms with van der Waals surface area (Å²) in [7, 11) is -2.50. The van der Waals surface area contributed by atoms with E-state index in [1.54, 1.807) is 0 Å². The molecule has 0 aromatic heterocycles. The van der Waals surface area contributed by atoms with Crippen molar-refractivity contribution in [3.63, 3.8) is 0 Å². The Morgan fingerprint density at radius 1 is 0.960 bits per heavy atom. The predicted molar refractivity (Wildman–Crippen MR) is 104 cm³/mol. The Morgan fingerprint density at radius 2 is 1.40 bits per heavy atom. The normalized spacial score (nSPS) is 20.8. The Labute approximate surface area is 151 Å². The number of rotatable bonds is 5. The zero-order valence-electron chi connectivity index (χ0n) is 15.2. The summed E-state index contributed by atoms with van der Waals surface area (Å²) in [6.45, 7) is 6.80. The van der Waals surface area contributed by atoms with Crippen LogP contribution in [0, 0.1) is 5.92 Å². The number of amides is 1. The molecule has 3 rings (SSSR count). The van der Waals surface area contributed by atoms with Crippen molar-refractivity contribution in [2.75, 3.05) is 0 Å². The van der Waals surface area contributed by atoms with Gasteiger partial charge in [0.05, 0.1) is 0 Å². The van der Waals surface area contributed by atoms with Gasteiger partial charge in [-0.05, 0) is 28.3 Å². The molecular formula is C21H27NO2Si. The summed E-state index contributed by atoms with van der Waals surface area (Å²) in [5.41, 5.74) is 5.45. The van der Waals surface area contributed by atoms with Crippen molar-refractivity contribution in [3.05, 3.63) is 60.7 Å². The maximum absolute atomic E-state index is 11.4. The van der Waals surface area contributed by atoms with Gasteiger partial charge >= 0.3 is 0 Å².